The average molecular weight is 306 g/mol. The van der Waals surface area contributed by atoms with Crippen molar-refractivity contribution in [2.75, 3.05) is 13.1 Å². The molecular formula is C17H30N4O. The first-order valence-corrected chi connectivity index (χ1v) is 8.59. The molecule has 2 rings (SSSR count). The molecule has 0 spiro atoms. The third-order valence-corrected chi connectivity index (χ3v) is 4.28. The van der Waals surface area contributed by atoms with Gasteiger partial charge in [-0.1, -0.05) is 12.8 Å². The molecule has 1 amide bonds. The molecule has 1 aliphatic heterocycles. The van der Waals surface area contributed by atoms with Gasteiger partial charge >= 0.3 is 0 Å². The fraction of sp³-hybridized carbons (Fsp3) is 0.765. The summed E-state index contributed by atoms with van der Waals surface area (Å²) in [5.41, 5.74) is 2.16. The SMILES string of the molecule is Cc1cc(C[C@H](C)N[C@@H](C)CC(=O)N2CCCCCC2)n[nH]1. The molecule has 0 saturated carbocycles. The van der Waals surface area contributed by atoms with E-state index < -0.39 is 0 Å². The van der Waals surface area contributed by atoms with E-state index in [2.05, 4.69) is 35.4 Å². The maximum atomic E-state index is 12.4. The van der Waals surface area contributed by atoms with Gasteiger partial charge in [-0.05, 0) is 39.7 Å². The maximum absolute atomic E-state index is 12.4. The number of aromatic amines is 1. The molecule has 0 radical (unpaired) electrons. The van der Waals surface area contributed by atoms with E-state index in [1.165, 1.54) is 12.8 Å². The second kappa shape index (κ2) is 8.32. The molecule has 0 aromatic carbocycles. The molecule has 5 nitrogen and oxygen atoms in total. The van der Waals surface area contributed by atoms with Gasteiger partial charge in [-0.3, -0.25) is 9.89 Å². The van der Waals surface area contributed by atoms with Crippen LogP contribution in [-0.4, -0.2) is 46.2 Å². The van der Waals surface area contributed by atoms with Gasteiger partial charge in [-0.2, -0.15) is 5.10 Å². The molecule has 2 N–H and O–H groups in total. The lowest BCUT2D eigenvalue weighted by atomic mass is 10.1. The van der Waals surface area contributed by atoms with Crippen LogP contribution in [0, 0.1) is 6.92 Å². The number of carbonyl (C=O) groups excluding carboxylic acids is 1. The molecule has 124 valence electrons. The zero-order valence-corrected chi connectivity index (χ0v) is 14.2. The number of H-pyrrole nitrogens is 1. The largest absolute Gasteiger partial charge is 0.343 e. The monoisotopic (exact) mass is 306 g/mol. The Morgan fingerprint density at radius 2 is 1.95 bits per heavy atom. The Bertz CT molecular complexity index is 463. The van der Waals surface area contributed by atoms with Crippen molar-refractivity contribution < 1.29 is 4.79 Å². The average Bonchev–Trinajstić information content (AvgIpc) is 2.71. The van der Waals surface area contributed by atoms with Gasteiger partial charge in [0.05, 0.1) is 5.69 Å². The number of aromatic nitrogens is 2. The molecule has 0 aliphatic carbocycles. The summed E-state index contributed by atoms with van der Waals surface area (Å²) < 4.78 is 0. The molecule has 2 atom stereocenters. The molecule has 1 aromatic heterocycles. The van der Waals surface area contributed by atoms with Crippen molar-refractivity contribution in [2.45, 2.75) is 71.4 Å². The zero-order valence-electron chi connectivity index (χ0n) is 14.2. The van der Waals surface area contributed by atoms with E-state index in [-0.39, 0.29) is 6.04 Å². The predicted molar refractivity (Wildman–Crippen MR) is 88.8 cm³/mol. The predicted octanol–water partition coefficient (Wildman–Crippen LogP) is 2.42. The molecule has 5 heteroatoms. The number of nitrogens with one attached hydrogen (secondary N) is 2. The molecule has 1 fully saturated rings. The number of carbonyl (C=O) groups is 1. The number of nitrogens with zero attached hydrogens (tertiary/aromatic N) is 2. The van der Waals surface area contributed by atoms with Crippen molar-refractivity contribution in [3.05, 3.63) is 17.5 Å². The van der Waals surface area contributed by atoms with Crippen LogP contribution in [-0.2, 0) is 11.2 Å². The summed E-state index contributed by atoms with van der Waals surface area (Å²) in [6, 6.07) is 2.59. The van der Waals surface area contributed by atoms with E-state index >= 15 is 0 Å². The summed E-state index contributed by atoms with van der Waals surface area (Å²) in [4.78, 5) is 14.4. The minimum atomic E-state index is 0.200. The van der Waals surface area contributed by atoms with Crippen LogP contribution in [0.1, 0.15) is 57.3 Å². The van der Waals surface area contributed by atoms with Gasteiger partial charge in [0.15, 0.2) is 0 Å². The van der Waals surface area contributed by atoms with E-state index in [4.69, 9.17) is 0 Å². The zero-order chi connectivity index (χ0) is 15.9. The highest BCUT2D eigenvalue weighted by molar-refractivity contribution is 5.76. The highest BCUT2D eigenvalue weighted by Crippen LogP contribution is 2.12. The fourth-order valence-corrected chi connectivity index (χ4v) is 3.21. The van der Waals surface area contributed by atoms with Crippen LogP contribution in [0.2, 0.25) is 0 Å². The van der Waals surface area contributed by atoms with E-state index in [0.29, 0.717) is 18.4 Å². The summed E-state index contributed by atoms with van der Waals surface area (Å²) in [6.45, 7) is 8.14. The normalized spacial score (nSPS) is 18.8. The van der Waals surface area contributed by atoms with Crippen LogP contribution >= 0.6 is 0 Å². The summed E-state index contributed by atoms with van der Waals surface area (Å²) in [5.74, 6) is 0.296. The van der Waals surface area contributed by atoms with Crippen LogP contribution in [0.3, 0.4) is 0 Å². The van der Waals surface area contributed by atoms with Gasteiger partial charge in [0, 0.05) is 43.7 Å². The second-order valence-electron chi connectivity index (χ2n) is 6.71. The van der Waals surface area contributed by atoms with Gasteiger partial charge in [0.1, 0.15) is 0 Å². The van der Waals surface area contributed by atoms with Gasteiger partial charge in [-0.15, -0.1) is 0 Å². The van der Waals surface area contributed by atoms with Gasteiger partial charge in [-0.25, -0.2) is 0 Å². The highest BCUT2D eigenvalue weighted by Gasteiger charge is 2.19. The molecule has 0 unspecified atom stereocenters. The lowest BCUT2D eigenvalue weighted by Gasteiger charge is -2.24. The molecule has 1 saturated heterocycles. The Hall–Kier alpha value is -1.36. The first kappa shape index (κ1) is 17.0. The molecular weight excluding hydrogens is 276 g/mol. The van der Waals surface area contributed by atoms with Gasteiger partial charge < -0.3 is 10.2 Å². The van der Waals surface area contributed by atoms with Crippen molar-refractivity contribution in [3.8, 4) is 0 Å². The van der Waals surface area contributed by atoms with E-state index in [1.807, 2.05) is 11.8 Å². The minimum absolute atomic E-state index is 0.200. The topological polar surface area (TPSA) is 61.0 Å². The van der Waals surface area contributed by atoms with Crippen LogP contribution in [0.4, 0.5) is 0 Å². The van der Waals surface area contributed by atoms with Crippen molar-refractivity contribution in [3.63, 3.8) is 0 Å². The summed E-state index contributed by atoms with van der Waals surface area (Å²) in [5, 5.41) is 10.8. The number of likely N-dealkylation sites (tertiary alicyclic amines) is 1. The Kier molecular flexibility index (Phi) is 6.43. The quantitative estimate of drug-likeness (QED) is 0.848. The van der Waals surface area contributed by atoms with E-state index in [9.17, 15) is 4.79 Å². The number of rotatable bonds is 6. The Morgan fingerprint density at radius 1 is 1.27 bits per heavy atom. The van der Waals surface area contributed by atoms with Crippen molar-refractivity contribution in [2.24, 2.45) is 0 Å². The number of amides is 1. The van der Waals surface area contributed by atoms with Crippen LogP contribution in [0.5, 0.6) is 0 Å². The lowest BCUT2D eigenvalue weighted by molar-refractivity contribution is -0.131. The molecule has 22 heavy (non-hydrogen) atoms. The lowest BCUT2D eigenvalue weighted by Crippen LogP contribution is -2.41. The summed E-state index contributed by atoms with van der Waals surface area (Å²) in [7, 11) is 0. The smallest absolute Gasteiger partial charge is 0.224 e. The van der Waals surface area contributed by atoms with Crippen molar-refractivity contribution >= 4 is 5.91 Å². The second-order valence-corrected chi connectivity index (χ2v) is 6.71. The Labute approximate surface area is 133 Å². The van der Waals surface area contributed by atoms with Crippen LogP contribution in [0.15, 0.2) is 6.07 Å². The van der Waals surface area contributed by atoms with Gasteiger partial charge in [0.25, 0.3) is 0 Å². The first-order valence-electron chi connectivity index (χ1n) is 8.59. The molecule has 1 aromatic rings. The first-order chi connectivity index (χ1) is 10.5. The maximum Gasteiger partial charge on any atom is 0.224 e. The van der Waals surface area contributed by atoms with E-state index in [0.717, 1.165) is 43.7 Å². The van der Waals surface area contributed by atoms with Crippen molar-refractivity contribution in [1.82, 2.24) is 20.4 Å². The number of aryl methyl sites for hydroxylation is 1. The number of hydrogen-bond donors (Lipinski definition) is 2. The fourth-order valence-electron chi connectivity index (χ4n) is 3.21. The Morgan fingerprint density at radius 3 is 2.55 bits per heavy atom. The summed E-state index contributed by atoms with van der Waals surface area (Å²) >= 11 is 0. The highest BCUT2D eigenvalue weighted by atomic mass is 16.2. The molecule has 2 heterocycles. The van der Waals surface area contributed by atoms with E-state index in [1.54, 1.807) is 0 Å². The Balaban J connectivity index is 1.73. The third-order valence-electron chi connectivity index (χ3n) is 4.28. The summed E-state index contributed by atoms with van der Waals surface area (Å²) in [6.07, 6.45) is 6.30. The standard InChI is InChI=1S/C17H30N4O/c1-13(10-16-11-15(3)19-20-16)18-14(2)12-17(22)21-8-6-4-5-7-9-21/h11,13-14,18H,4-10,12H2,1-3H3,(H,19,20)/t13-,14-/m0/s1. The molecule has 0 bridgehead atoms. The van der Waals surface area contributed by atoms with Crippen molar-refractivity contribution in [1.29, 1.82) is 0 Å². The molecule has 1 aliphatic rings. The minimum Gasteiger partial charge on any atom is -0.343 e. The van der Waals surface area contributed by atoms with Crippen LogP contribution < -0.4 is 5.32 Å². The van der Waals surface area contributed by atoms with Crippen LogP contribution in [0.25, 0.3) is 0 Å². The van der Waals surface area contributed by atoms with Gasteiger partial charge in [0.2, 0.25) is 5.91 Å². The number of hydrogen-bond acceptors (Lipinski definition) is 3. The third kappa shape index (κ3) is 5.44.